The summed E-state index contributed by atoms with van der Waals surface area (Å²) in [6.45, 7) is 9.05. The van der Waals surface area contributed by atoms with Crippen molar-refractivity contribution in [1.82, 2.24) is 4.98 Å². The van der Waals surface area contributed by atoms with Gasteiger partial charge in [-0.3, -0.25) is 0 Å². The highest BCUT2D eigenvalue weighted by Gasteiger charge is 2.24. The van der Waals surface area contributed by atoms with Crippen molar-refractivity contribution in [3.8, 4) is 0 Å². The van der Waals surface area contributed by atoms with Crippen LogP contribution in [0.3, 0.4) is 0 Å². The van der Waals surface area contributed by atoms with Gasteiger partial charge in [-0.05, 0) is 38.3 Å². The molecule has 0 saturated heterocycles. The Hall–Kier alpha value is -1.62. The number of hydrogen-bond acceptors (Lipinski definition) is 5. The van der Waals surface area contributed by atoms with Crippen molar-refractivity contribution in [3.63, 3.8) is 0 Å². The zero-order chi connectivity index (χ0) is 15.2. The fourth-order valence-corrected chi connectivity index (χ4v) is 2.20. The second-order valence-electron chi connectivity index (χ2n) is 5.64. The van der Waals surface area contributed by atoms with Crippen LogP contribution in [-0.2, 0) is 4.74 Å². The summed E-state index contributed by atoms with van der Waals surface area (Å²) in [5.74, 6) is 0.900. The number of rotatable bonds is 7. The molecule has 1 rings (SSSR count). The molecule has 0 amide bonds. The Morgan fingerprint density at radius 1 is 1.50 bits per heavy atom. The molecule has 1 aromatic rings. The molecular formula is C15H25N3O2. The van der Waals surface area contributed by atoms with E-state index in [0.717, 1.165) is 6.42 Å². The van der Waals surface area contributed by atoms with Gasteiger partial charge in [-0.1, -0.05) is 13.8 Å². The van der Waals surface area contributed by atoms with E-state index in [9.17, 15) is 4.79 Å². The number of aromatic nitrogens is 1. The minimum atomic E-state index is -0.352. The third-order valence-corrected chi connectivity index (χ3v) is 3.01. The molecule has 20 heavy (non-hydrogen) atoms. The molecule has 1 unspecified atom stereocenters. The number of esters is 1. The Kier molecular flexibility index (Phi) is 5.95. The number of carbonyl (C=O) groups is 1. The number of nitrogens with two attached hydrogens (primary N) is 1. The standard InChI is InChI=1S/C15H25N3O2/c1-5-20-14(19)12-6-7-13(17-9-12)18-15(4,10-16)8-11(2)3/h6-7,9,11H,5,8,10,16H2,1-4H3,(H,17,18). The Labute approximate surface area is 120 Å². The monoisotopic (exact) mass is 279 g/mol. The predicted molar refractivity (Wildman–Crippen MR) is 80.7 cm³/mol. The Morgan fingerprint density at radius 3 is 2.65 bits per heavy atom. The minimum Gasteiger partial charge on any atom is -0.462 e. The van der Waals surface area contributed by atoms with Gasteiger partial charge in [0.25, 0.3) is 0 Å². The molecule has 0 saturated carbocycles. The molecule has 0 bridgehead atoms. The fourth-order valence-electron chi connectivity index (χ4n) is 2.20. The Bertz CT molecular complexity index is 431. The van der Waals surface area contributed by atoms with Crippen LogP contribution in [0.25, 0.3) is 0 Å². The van der Waals surface area contributed by atoms with Crippen LogP contribution < -0.4 is 11.1 Å². The molecule has 0 aliphatic rings. The molecular weight excluding hydrogens is 254 g/mol. The second kappa shape index (κ2) is 7.24. The van der Waals surface area contributed by atoms with E-state index >= 15 is 0 Å². The summed E-state index contributed by atoms with van der Waals surface area (Å²) >= 11 is 0. The van der Waals surface area contributed by atoms with E-state index in [1.165, 1.54) is 6.20 Å². The van der Waals surface area contributed by atoms with Gasteiger partial charge in [0.2, 0.25) is 0 Å². The number of carbonyl (C=O) groups excluding carboxylic acids is 1. The molecule has 5 nitrogen and oxygen atoms in total. The average molecular weight is 279 g/mol. The molecule has 0 aliphatic carbocycles. The summed E-state index contributed by atoms with van der Waals surface area (Å²) in [5.41, 5.74) is 6.11. The van der Waals surface area contributed by atoms with Gasteiger partial charge in [-0.15, -0.1) is 0 Å². The van der Waals surface area contributed by atoms with Gasteiger partial charge >= 0.3 is 5.97 Å². The first-order valence-electron chi connectivity index (χ1n) is 7.01. The normalized spacial score (nSPS) is 13.9. The van der Waals surface area contributed by atoms with E-state index in [0.29, 0.717) is 30.5 Å². The Balaban J connectivity index is 2.75. The van der Waals surface area contributed by atoms with Crippen LogP contribution in [0.5, 0.6) is 0 Å². The molecule has 0 radical (unpaired) electrons. The summed E-state index contributed by atoms with van der Waals surface area (Å²) in [6, 6.07) is 3.49. The van der Waals surface area contributed by atoms with Crippen molar-refractivity contribution in [2.45, 2.75) is 39.7 Å². The number of hydrogen-bond donors (Lipinski definition) is 2. The first-order valence-corrected chi connectivity index (χ1v) is 7.01. The minimum absolute atomic E-state index is 0.202. The van der Waals surface area contributed by atoms with Crippen LogP contribution in [0.2, 0.25) is 0 Å². The zero-order valence-corrected chi connectivity index (χ0v) is 12.8. The molecule has 0 aromatic carbocycles. The SMILES string of the molecule is CCOC(=O)c1ccc(NC(C)(CN)CC(C)C)nc1. The molecule has 1 atom stereocenters. The molecule has 1 heterocycles. The Morgan fingerprint density at radius 2 is 2.20 bits per heavy atom. The lowest BCUT2D eigenvalue weighted by Gasteiger charge is -2.31. The second-order valence-corrected chi connectivity index (χ2v) is 5.64. The van der Waals surface area contributed by atoms with E-state index in [1.54, 1.807) is 19.1 Å². The van der Waals surface area contributed by atoms with E-state index in [-0.39, 0.29) is 11.5 Å². The quantitative estimate of drug-likeness (QED) is 0.750. The maximum absolute atomic E-state index is 11.5. The third-order valence-electron chi connectivity index (χ3n) is 3.01. The van der Waals surface area contributed by atoms with E-state index in [4.69, 9.17) is 10.5 Å². The highest BCUT2D eigenvalue weighted by atomic mass is 16.5. The number of nitrogens with zero attached hydrogens (tertiary/aromatic N) is 1. The lowest BCUT2D eigenvalue weighted by molar-refractivity contribution is 0.0526. The van der Waals surface area contributed by atoms with Crippen molar-refractivity contribution in [2.24, 2.45) is 11.7 Å². The van der Waals surface area contributed by atoms with Gasteiger partial charge in [0.15, 0.2) is 0 Å². The third kappa shape index (κ3) is 4.81. The number of ether oxygens (including phenoxy) is 1. The van der Waals surface area contributed by atoms with Crippen LogP contribution in [0.4, 0.5) is 5.82 Å². The average Bonchev–Trinajstić information content (AvgIpc) is 2.39. The summed E-state index contributed by atoms with van der Waals surface area (Å²) in [7, 11) is 0. The van der Waals surface area contributed by atoms with Crippen molar-refractivity contribution < 1.29 is 9.53 Å². The molecule has 0 fully saturated rings. The van der Waals surface area contributed by atoms with Crippen LogP contribution in [0, 0.1) is 5.92 Å². The first kappa shape index (κ1) is 16.4. The number of pyridine rings is 1. The van der Waals surface area contributed by atoms with Gasteiger partial charge in [-0.25, -0.2) is 9.78 Å². The van der Waals surface area contributed by atoms with Gasteiger partial charge in [0.05, 0.1) is 12.2 Å². The zero-order valence-electron chi connectivity index (χ0n) is 12.8. The van der Waals surface area contributed by atoms with E-state index in [1.807, 2.05) is 0 Å². The fraction of sp³-hybridized carbons (Fsp3) is 0.600. The first-order chi connectivity index (χ1) is 9.40. The predicted octanol–water partition coefficient (Wildman–Crippen LogP) is 2.43. The van der Waals surface area contributed by atoms with E-state index in [2.05, 4.69) is 31.1 Å². The largest absolute Gasteiger partial charge is 0.462 e. The van der Waals surface area contributed by atoms with Crippen LogP contribution in [0.15, 0.2) is 18.3 Å². The van der Waals surface area contributed by atoms with Crippen molar-refractivity contribution >= 4 is 11.8 Å². The van der Waals surface area contributed by atoms with Crippen molar-refractivity contribution in [2.75, 3.05) is 18.5 Å². The smallest absolute Gasteiger partial charge is 0.339 e. The molecule has 0 spiro atoms. The maximum atomic E-state index is 11.5. The van der Waals surface area contributed by atoms with Gasteiger partial charge in [0, 0.05) is 18.3 Å². The molecule has 3 N–H and O–H groups in total. The lowest BCUT2D eigenvalue weighted by atomic mass is 9.91. The van der Waals surface area contributed by atoms with Crippen molar-refractivity contribution in [1.29, 1.82) is 0 Å². The maximum Gasteiger partial charge on any atom is 0.339 e. The summed E-state index contributed by atoms with van der Waals surface area (Å²) in [6.07, 6.45) is 2.47. The highest BCUT2D eigenvalue weighted by Crippen LogP contribution is 2.20. The van der Waals surface area contributed by atoms with Crippen LogP contribution in [0.1, 0.15) is 44.5 Å². The van der Waals surface area contributed by atoms with Crippen LogP contribution >= 0.6 is 0 Å². The summed E-state index contributed by atoms with van der Waals surface area (Å²) < 4.78 is 4.92. The molecule has 5 heteroatoms. The van der Waals surface area contributed by atoms with Crippen molar-refractivity contribution in [3.05, 3.63) is 23.9 Å². The summed E-state index contributed by atoms with van der Waals surface area (Å²) in [4.78, 5) is 15.8. The topological polar surface area (TPSA) is 77.2 Å². The molecule has 0 aliphatic heterocycles. The van der Waals surface area contributed by atoms with Gasteiger partial charge in [0.1, 0.15) is 5.82 Å². The lowest BCUT2D eigenvalue weighted by Crippen LogP contribution is -2.43. The van der Waals surface area contributed by atoms with Gasteiger partial charge < -0.3 is 15.8 Å². The molecule has 112 valence electrons. The number of nitrogens with one attached hydrogen (secondary N) is 1. The molecule has 1 aromatic heterocycles. The van der Waals surface area contributed by atoms with E-state index < -0.39 is 0 Å². The van der Waals surface area contributed by atoms with Gasteiger partial charge in [-0.2, -0.15) is 0 Å². The highest BCUT2D eigenvalue weighted by molar-refractivity contribution is 5.89. The van der Waals surface area contributed by atoms with Crippen LogP contribution in [-0.4, -0.2) is 29.6 Å². The number of anilines is 1. The summed E-state index contributed by atoms with van der Waals surface area (Å²) in [5, 5.41) is 3.35.